The number of benzene rings is 1. The smallest absolute Gasteiger partial charge is 0.240 e. The molecule has 3 N–H and O–H groups in total. The Morgan fingerprint density at radius 2 is 2.05 bits per heavy atom. The Hall–Kier alpha value is -0.960. The Kier molecular flexibility index (Phi) is 4.79. The summed E-state index contributed by atoms with van der Waals surface area (Å²) in [6, 6.07) is 7.26. The average molecular weight is 379 g/mol. The standard InChI is InChI=1S/C12H12BrFN2O2S2/c13-12-4-1-8(19-12)5-6-16-20(17,18)9-2-3-11(15)10(14)7-9/h1-4,7,16H,5-6,15H2. The molecule has 0 amide bonds. The summed E-state index contributed by atoms with van der Waals surface area (Å²) in [5.41, 5.74) is 5.24. The number of nitrogens with one attached hydrogen (secondary N) is 1. The van der Waals surface area contributed by atoms with Gasteiger partial charge in [-0.3, -0.25) is 0 Å². The monoisotopic (exact) mass is 378 g/mol. The van der Waals surface area contributed by atoms with Crippen molar-refractivity contribution in [1.29, 1.82) is 0 Å². The van der Waals surface area contributed by atoms with Crippen LogP contribution in [-0.2, 0) is 16.4 Å². The van der Waals surface area contributed by atoms with Gasteiger partial charge in [-0.05, 0) is 52.7 Å². The van der Waals surface area contributed by atoms with Crippen molar-refractivity contribution < 1.29 is 12.8 Å². The van der Waals surface area contributed by atoms with E-state index in [1.165, 1.54) is 12.1 Å². The predicted molar refractivity (Wildman–Crippen MR) is 81.7 cm³/mol. The van der Waals surface area contributed by atoms with Crippen molar-refractivity contribution in [3.63, 3.8) is 0 Å². The van der Waals surface area contributed by atoms with E-state index in [0.29, 0.717) is 6.42 Å². The Balaban J connectivity index is 2.02. The molecule has 0 aliphatic heterocycles. The third-order valence-electron chi connectivity index (χ3n) is 2.57. The maximum atomic E-state index is 13.3. The number of thiophene rings is 1. The summed E-state index contributed by atoms with van der Waals surface area (Å²) in [6.07, 6.45) is 0.576. The van der Waals surface area contributed by atoms with E-state index < -0.39 is 15.8 Å². The van der Waals surface area contributed by atoms with E-state index in [-0.39, 0.29) is 17.1 Å². The van der Waals surface area contributed by atoms with Crippen LogP contribution in [0, 0.1) is 5.82 Å². The van der Waals surface area contributed by atoms with Gasteiger partial charge in [0, 0.05) is 11.4 Å². The molecule has 1 aromatic heterocycles. The third kappa shape index (κ3) is 3.78. The maximum absolute atomic E-state index is 13.3. The summed E-state index contributed by atoms with van der Waals surface area (Å²) in [5.74, 6) is -0.741. The van der Waals surface area contributed by atoms with Crippen LogP contribution >= 0.6 is 27.3 Å². The van der Waals surface area contributed by atoms with Crippen LogP contribution in [-0.4, -0.2) is 15.0 Å². The van der Waals surface area contributed by atoms with E-state index in [9.17, 15) is 12.8 Å². The van der Waals surface area contributed by atoms with Gasteiger partial charge in [-0.15, -0.1) is 11.3 Å². The first kappa shape index (κ1) is 15.4. The van der Waals surface area contributed by atoms with Gasteiger partial charge in [-0.25, -0.2) is 17.5 Å². The summed E-state index contributed by atoms with van der Waals surface area (Å²) in [6.45, 7) is 0.251. The van der Waals surface area contributed by atoms with Crippen molar-refractivity contribution >= 4 is 43.0 Å². The third-order valence-corrected chi connectivity index (χ3v) is 5.72. The summed E-state index contributed by atoms with van der Waals surface area (Å²) in [4.78, 5) is 0.930. The number of nitrogen functional groups attached to an aromatic ring is 1. The van der Waals surface area contributed by atoms with Crippen LogP contribution in [0.4, 0.5) is 10.1 Å². The fourth-order valence-electron chi connectivity index (χ4n) is 1.55. The van der Waals surface area contributed by atoms with Crippen molar-refractivity contribution in [2.45, 2.75) is 11.3 Å². The molecular weight excluding hydrogens is 367 g/mol. The molecule has 1 aromatic carbocycles. The second-order valence-electron chi connectivity index (χ2n) is 4.04. The zero-order valence-corrected chi connectivity index (χ0v) is 13.5. The molecule has 0 saturated carbocycles. The highest BCUT2D eigenvalue weighted by molar-refractivity contribution is 9.11. The zero-order chi connectivity index (χ0) is 14.8. The zero-order valence-electron chi connectivity index (χ0n) is 10.3. The summed E-state index contributed by atoms with van der Waals surface area (Å²) in [7, 11) is -3.72. The maximum Gasteiger partial charge on any atom is 0.240 e. The predicted octanol–water partition coefficient (Wildman–Crippen LogP) is 2.75. The second-order valence-corrected chi connectivity index (χ2v) is 8.35. The van der Waals surface area contributed by atoms with Crippen LogP contribution in [0.1, 0.15) is 4.88 Å². The lowest BCUT2D eigenvalue weighted by Crippen LogP contribution is -2.26. The molecule has 2 rings (SSSR count). The van der Waals surface area contributed by atoms with Crippen LogP contribution in [0.15, 0.2) is 39.0 Å². The van der Waals surface area contributed by atoms with Crippen molar-refractivity contribution in [2.75, 3.05) is 12.3 Å². The minimum Gasteiger partial charge on any atom is -0.396 e. The normalized spacial score (nSPS) is 11.7. The minimum atomic E-state index is -3.72. The van der Waals surface area contributed by atoms with E-state index >= 15 is 0 Å². The van der Waals surface area contributed by atoms with Gasteiger partial charge in [0.2, 0.25) is 10.0 Å². The van der Waals surface area contributed by atoms with Gasteiger partial charge in [-0.1, -0.05) is 0 Å². The Labute approximate surface area is 129 Å². The number of halogens is 2. The average Bonchev–Trinajstić information content (AvgIpc) is 2.78. The van der Waals surface area contributed by atoms with Gasteiger partial charge in [0.15, 0.2) is 0 Å². The number of nitrogens with two attached hydrogens (primary N) is 1. The fourth-order valence-corrected chi connectivity index (χ4v) is 4.08. The highest BCUT2D eigenvalue weighted by Gasteiger charge is 2.15. The van der Waals surface area contributed by atoms with Gasteiger partial charge < -0.3 is 5.73 Å². The molecule has 0 unspecified atom stereocenters. The topological polar surface area (TPSA) is 72.2 Å². The van der Waals surface area contributed by atoms with Crippen LogP contribution in [0.2, 0.25) is 0 Å². The lowest BCUT2D eigenvalue weighted by Gasteiger charge is -2.07. The molecule has 0 fully saturated rings. The van der Waals surface area contributed by atoms with E-state index in [0.717, 1.165) is 14.7 Å². The van der Waals surface area contributed by atoms with Gasteiger partial charge in [-0.2, -0.15) is 0 Å². The molecular formula is C12H12BrFN2O2S2. The molecule has 0 bridgehead atoms. The Morgan fingerprint density at radius 3 is 2.65 bits per heavy atom. The van der Waals surface area contributed by atoms with Gasteiger partial charge >= 0.3 is 0 Å². The van der Waals surface area contributed by atoms with Gasteiger partial charge in [0.05, 0.1) is 14.4 Å². The van der Waals surface area contributed by atoms with Gasteiger partial charge in [0.1, 0.15) is 5.82 Å². The first-order valence-corrected chi connectivity index (χ1v) is 8.76. The number of sulfonamides is 1. The molecule has 0 aliphatic carbocycles. The van der Waals surface area contributed by atoms with Crippen LogP contribution in [0.25, 0.3) is 0 Å². The highest BCUT2D eigenvalue weighted by Crippen LogP contribution is 2.22. The molecule has 1 heterocycles. The number of rotatable bonds is 5. The van der Waals surface area contributed by atoms with Crippen molar-refractivity contribution in [3.05, 3.63) is 44.8 Å². The van der Waals surface area contributed by atoms with Crippen molar-refractivity contribution in [2.24, 2.45) is 0 Å². The minimum absolute atomic E-state index is 0.0765. The molecule has 20 heavy (non-hydrogen) atoms. The molecule has 0 aliphatic rings. The lowest BCUT2D eigenvalue weighted by atomic mass is 10.3. The molecule has 0 saturated heterocycles. The van der Waals surface area contributed by atoms with E-state index in [4.69, 9.17) is 5.73 Å². The van der Waals surface area contributed by atoms with E-state index in [1.807, 2.05) is 12.1 Å². The highest BCUT2D eigenvalue weighted by atomic mass is 79.9. The van der Waals surface area contributed by atoms with Crippen LogP contribution < -0.4 is 10.5 Å². The summed E-state index contributed by atoms with van der Waals surface area (Å²) >= 11 is 4.89. The number of hydrogen-bond acceptors (Lipinski definition) is 4. The van der Waals surface area contributed by atoms with Crippen molar-refractivity contribution in [3.8, 4) is 0 Å². The molecule has 8 heteroatoms. The SMILES string of the molecule is Nc1ccc(S(=O)(=O)NCCc2ccc(Br)s2)cc1F. The van der Waals surface area contributed by atoms with Gasteiger partial charge in [0.25, 0.3) is 0 Å². The molecule has 0 radical (unpaired) electrons. The molecule has 108 valence electrons. The Morgan fingerprint density at radius 1 is 1.30 bits per heavy atom. The quantitative estimate of drug-likeness (QED) is 0.785. The van der Waals surface area contributed by atoms with Crippen LogP contribution in [0.3, 0.4) is 0 Å². The van der Waals surface area contributed by atoms with E-state index in [2.05, 4.69) is 20.7 Å². The summed E-state index contributed by atoms with van der Waals surface area (Å²) in [5, 5.41) is 0. The number of anilines is 1. The molecule has 2 aromatic rings. The van der Waals surface area contributed by atoms with Crippen molar-refractivity contribution in [1.82, 2.24) is 4.72 Å². The lowest BCUT2D eigenvalue weighted by molar-refractivity contribution is 0.578. The molecule has 0 spiro atoms. The Bertz CT molecular complexity index is 716. The largest absolute Gasteiger partial charge is 0.396 e. The first-order chi connectivity index (χ1) is 9.38. The molecule has 0 atom stereocenters. The fraction of sp³-hybridized carbons (Fsp3) is 0.167. The van der Waals surface area contributed by atoms with Crippen LogP contribution in [0.5, 0.6) is 0 Å². The molecule has 4 nitrogen and oxygen atoms in total. The second kappa shape index (κ2) is 6.21. The summed E-state index contributed by atoms with van der Waals surface area (Å²) < 4.78 is 40.6. The van der Waals surface area contributed by atoms with E-state index in [1.54, 1.807) is 11.3 Å². The number of hydrogen-bond donors (Lipinski definition) is 2. The first-order valence-electron chi connectivity index (χ1n) is 5.67.